The Hall–Kier alpha value is -3.31. The van der Waals surface area contributed by atoms with Crippen LogP contribution in [0.4, 0.5) is 8.78 Å². The molecule has 1 atom stereocenters. The summed E-state index contributed by atoms with van der Waals surface area (Å²) < 4.78 is 26.0. The number of carbonyl (C=O) groups excluding carboxylic acids is 2. The number of hydrogen-bond acceptors (Lipinski definition) is 4. The summed E-state index contributed by atoms with van der Waals surface area (Å²) in [4.78, 5) is 28.8. The molecule has 0 spiro atoms. The highest BCUT2D eigenvalue weighted by Gasteiger charge is 2.42. The molecule has 2 heterocycles. The zero-order valence-electron chi connectivity index (χ0n) is 14.9. The maximum atomic E-state index is 13.0. The summed E-state index contributed by atoms with van der Waals surface area (Å²) in [5, 5.41) is 10.4. The van der Waals surface area contributed by atoms with Crippen molar-refractivity contribution in [1.29, 1.82) is 0 Å². The van der Waals surface area contributed by atoms with Crippen molar-refractivity contribution in [1.82, 2.24) is 9.88 Å². The molecule has 1 fully saturated rings. The molecule has 1 aliphatic heterocycles. The van der Waals surface area contributed by atoms with Crippen LogP contribution in [-0.4, -0.2) is 46.0 Å². The quantitative estimate of drug-likeness (QED) is 0.787. The number of aromatic nitrogens is 1. The molecule has 144 valence electrons. The van der Waals surface area contributed by atoms with Gasteiger partial charge < -0.3 is 15.7 Å². The summed E-state index contributed by atoms with van der Waals surface area (Å²) in [6.45, 7) is 0.417. The van der Waals surface area contributed by atoms with E-state index in [-0.39, 0.29) is 12.1 Å². The molecule has 0 unspecified atom stereocenters. The predicted molar refractivity (Wildman–Crippen MR) is 97.2 cm³/mol. The van der Waals surface area contributed by atoms with Crippen LogP contribution >= 0.6 is 0 Å². The molecule has 6 nitrogen and oxygen atoms in total. The number of pyridine rings is 1. The van der Waals surface area contributed by atoms with Gasteiger partial charge in [0.05, 0.1) is 5.69 Å². The molecule has 28 heavy (non-hydrogen) atoms. The van der Waals surface area contributed by atoms with Crippen molar-refractivity contribution in [3.05, 3.63) is 53.2 Å². The van der Waals surface area contributed by atoms with Crippen LogP contribution in [0.5, 0.6) is 0 Å². The molecule has 0 radical (unpaired) electrons. The first-order valence-corrected chi connectivity index (χ1v) is 8.42. The Morgan fingerprint density at radius 1 is 1.36 bits per heavy atom. The fourth-order valence-corrected chi connectivity index (χ4v) is 2.91. The number of aliphatic hydroxyl groups is 1. The van der Waals surface area contributed by atoms with E-state index in [1.54, 1.807) is 31.3 Å². The normalized spacial score (nSPS) is 18.9. The summed E-state index contributed by atoms with van der Waals surface area (Å²) >= 11 is 0. The van der Waals surface area contributed by atoms with Crippen molar-refractivity contribution in [2.75, 3.05) is 13.6 Å². The third-order valence-electron chi connectivity index (χ3n) is 4.48. The van der Waals surface area contributed by atoms with Gasteiger partial charge in [-0.15, -0.1) is 0 Å². The van der Waals surface area contributed by atoms with Gasteiger partial charge in [-0.2, -0.15) is 0 Å². The zero-order valence-corrected chi connectivity index (χ0v) is 14.9. The number of hydrogen-bond donors (Lipinski definition) is 2. The lowest BCUT2D eigenvalue weighted by Gasteiger charge is -2.13. The van der Waals surface area contributed by atoms with Gasteiger partial charge in [-0.1, -0.05) is 24.0 Å². The second-order valence-electron chi connectivity index (χ2n) is 6.47. The molecular weight excluding hydrogens is 368 g/mol. The third kappa shape index (κ3) is 3.70. The largest absolute Gasteiger partial charge is 0.369 e. The maximum absolute atomic E-state index is 13.0. The molecule has 8 heteroatoms. The molecule has 2 aromatic rings. The second-order valence-corrected chi connectivity index (χ2v) is 6.47. The van der Waals surface area contributed by atoms with Crippen LogP contribution in [0.2, 0.25) is 0 Å². The van der Waals surface area contributed by atoms with Crippen molar-refractivity contribution in [2.45, 2.75) is 18.4 Å². The van der Waals surface area contributed by atoms with Gasteiger partial charge in [-0.3, -0.25) is 9.59 Å². The lowest BCUT2D eigenvalue weighted by atomic mass is 10.0. The Labute approximate surface area is 160 Å². The van der Waals surface area contributed by atoms with E-state index >= 15 is 0 Å². The molecule has 1 aromatic carbocycles. The average Bonchev–Trinajstić information content (AvgIpc) is 2.94. The topological polar surface area (TPSA) is 96.5 Å². The van der Waals surface area contributed by atoms with Crippen LogP contribution in [0.15, 0.2) is 36.4 Å². The maximum Gasteiger partial charge on any atom is 0.267 e. The number of nitrogens with zero attached hydrogens (tertiary/aromatic N) is 2. The number of carbonyl (C=O) groups is 2. The van der Waals surface area contributed by atoms with Gasteiger partial charge in [-0.05, 0) is 24.3 Å². The minimum absolute atomic E-state index is 0.216. The van der Waals surface area contributed by atoms with E-state index in [9.17, 15) is 23.5 Å². The number of benzene rings is 1. The molecule has 0 saturated carbocycles. The predicted octanol–water partition coefficient (Wildman–Crippen LogP) is 1.73. The summed E-state index contributed by atoms with van der Waals surface area (Å²) in [6, 6.07) is 9.10. The fourth-order valence-electron chi connectivity index (χ4n) is 2.91. The number of likely N-dealkylation sites (tertiary alicyclic amines) is 1. The van der Waals surface area contributed by atoms with Gasteiger partial charge in [0.2, 0.25) is 5.60 Å². The van der Waals surface area contributed by atoms with Crippen LogP contribution in [0.3, 0.4) is 0 Å². The van der Waals surface area contributed by atoms with Gasteiger partial charge >= 0.3 is 0 Å². The van der Waals surface area contributed by atoms with Gasteiger partial charge in [0.15, 0.2) is 0 Å². The summed E-state index contributed by atoms with van der Waals surface area (Å²) in [5.74, 6) is 3.88. The highest BCUT2D eigenvalue weighted by molar-refractivity contribution is 5.93. The number of amides is 2. The first-order valence-electron chi connectivity index (χ1n) is 8.42. The molecule has 0 bridgehead atoms. The number of rotatable bonds is 3. The van der Waals surface area contributed by atoms with Crippen molar-refractivity contribution in [2.24, 2.45) is 5.73 Å². The summed E-state index contributed by atoms with van der Waals surface area (Å²) in [5.41, 5.74) is 3.72. The van der Waals surface area contributed by atoms with Crippen LogP contribution in [0, 0.1) is 11.8 Å². The van der Waals surface area contributed by atoms with Gasteiger partial charge in [0.25, 0.3) is 18.2 Å². The molecule has 1 aromatic heterocycles. The number of likely N-dealkylation sites (N-methyl/N-ethyl adjacent to an activating group) is 1. The van der Waals surface area contributed by atoms with Crippen molar-refractivity contribution >= 4 is 11.8 Å². The Kier molecular flexibility index (Phi) is 5.12. The lowest BCUT2D eigenvalue weighted by Crippen LogP contribution is -2.37. The Morgan fingerprint density at radius 2 is 2.11 bits per heavy atom. The van der Waals surface area contributed by atoms with E-state index in [0.717, 1.165) is 6.07 Å². The molecule has 1 saturated heterocycles. The van der Waals surface area contributed by atoms with Crippen molar-refractivity contribution in [3.63, 3.8) is 0 Å². The van der Waals surface area contributed by atoms with Crippen LogP contribution in [-0.2, 0) is 4.79 Å². The summed E-state index contributed by atoms with van der Waals surface area (Å²) in [7, 11) is 1.59. The smallest absolute Gasteiger partial charge is 0.267 e. The number of primary amides is 1. The third-order valence-corrected chi connectivity index (χ3v) is 4.48. The van der Waals surface area contributed by atoms with E-state index in [4.69, 9.17) is 5.73 Å². The van der Waals surface area contributed by atoms with E-state index in [2.05, 4.69) is 16.8 Å². The Bertz CT molecular complexity index is 1010. The van der Waals surface area contributed by atoms with E-state index in [1.807, 2.05) is 0 Å². The van der Waals surface area contributed by atoms with Crippen LogP contribution in [0.1, 0.15) is 34.5 Å². The minimum Gasteiger partial charge on any atom is -0.369 e. The summed E-state index contributed by atoms with van der Waals surface area (Å²) in [6.07, 6.45) is -2.66. The average molecular weight is 385 g/mol. The van der Waals surface area contributed by atoms with Gasteiger partial charge in [0, 0.05) is 36.7 Å². The SMILES string of the molecule is CN1CC[C@@](O)(C#Cc2cccc(-c3ccc(C(F)F)c(C(N)=O)n3)c2)C1=O. The van der Waals surface area contributed by atoms with Crippen LogP contribution < -0.4 is 5.73 Å². The highest BCUT2D eigenvalue weighted by atomic mass is 19.3. The van der Waals surface area contributed by atoms with Gasteiger partial charge in [-0.25, -0.2) is 13.8 Å². The molecule has 3 rings (SSSR count). The van der Waals surface area contributed by atoms with E-state index in [1.165, 1.54) is 11.0 Å². The molecule has 3 N–H and O–H groups in total. The molecule has 1 aliphatic rings. The number of alkyl halides is 2. The molecule has 0 aliphatic carbocycles. The Balaban J connectivity index is 1.95. The monoisotopic (exact) mass is 385 g/mol. The molecular formula is C20H17F2N3O3. The van der Waals surface area contributed by atoms with Crippen LogP contribution in [0.25, 0.3) is 11.3 Å². The second kappa shape index (κ2) is 7.37. The molecule has 2 amide bonds. The highest BCUT2D eigenvalue weighted by Crippen LogP contribution is 2.26. The number of halogens is 2. The first-order chi connectivity index (χ1) is 13.2. The van der Waals surface area contributed by atoms with Crippen molar-refractivity contribution in [3.8, 4) is 23.1 Å². The standard InChI is InChI=1S/C20H17F2N3O3/c1-25-10-9-20(28,19(25)27)8-7-12-3-2-4-13(11-12)15-6-5-14(17(21)22)16(24-15)18(23)26/h2-6,11,17,28H,9-10H2,1H3,(H2,23,26)/t20-/m0/s1. The Morgan fingerprint density at radius 3 is 2.71 bits per heavy atom. The zero-order chi connectivity index (χ0) is 20.5. The fraction of sp³-hybridized carbons (Fsp3) is 0.250. The number of nitrogens with two attached hydrogens (primary N) is 1. The van der Waals surface area contributed by atoms with E-state index < -0.39 is 35.1 Å². The first kappa shape index (κ1) is 19.5. The van der Waals surface area contributed by atoms with Crippen molar-refractivity contribution < 1.29 is 23.5 Å². The van der Waals surface area contributed by atoms with Gasteiger partial charge in [0.1, 0.15) is 5.69 Å². The van der Waals surface area contributed by atoms with E-state index in [0.29, 0.717) is 17.7 Å². The lowest BCUT2D eigenvalue weighted by molar-refractivity contribution is -0.137. The minimum atomic E-state index is -2.87.